The molecular formula is C14H22N2O3. The molecule has 0 aromatic heterocycles. The maximum Gasteiger partial charge on any atom is 0.238 e. The van der Waals surface area contributed by atoms with E-state index in [0.717, 1.165) is 5.56 Å². The fourth-order valence-electron chi connectivity index (χ4n) is 1.63. The molecule has 106 valence electrons. The number of carbonyl (C=O) groups is 1. The number of hydrogen-bond acceptors (Lipinski definition) is 4. The van der Waals surface area contributed by atoms with E-state index in [1.54, 1.807) is 19.1 Å². The highest BCUT2D eigenvalue weighted by molar-refractivity contribution is 5.93. The van der Waals surface area contributed by atoms with E-state index in [4.69, 9.17) is 9.84 Å². The molecule has 0 fully saturated rings. The van der Waals surface area contributed by atoms with Crippen LogP contribution in [-0.4, -0.2) is 49.3 Å². The third kappa shape index (κ3) is 4.54. The molecule has 0 aliphatic heterocycles. The van der Waals surface area contributed by atoms with E-state index in [9.17, 15) is 4.79 Å². The summed E-state index contributed by atoms with van der Waals surface area (Å²) in [4.78, 5) is 13.7. The second kappa shape index (κ2) is 7.11. The molecule has 0 aliphatic rings. The monoisotopic (exact) mass is 266 g/mol. The highest BCUT2D eigenvalue weighted by Gasteiger charge is 2.13. The van der Waals surface area contributed by atoms with Crippen LogP contribution in [0.3, 0.4) is 0 Å². The van der Waals surface area contributed by atoms with Crippen LogP contribution >= 0.6 is 0 Å². The summed E-state index contributed by atoms with van der Waals surface area (Å²) in [6, 6.07) is 5.57. The Bertz CT molecular complexity index is 435. The summed E-state index contributed by atoms with van der Waals surface area (Å²) in [5.41, 5.74) is 1.71. The molecule has 5 heteroatoms. The summed E-state index contributed by atoms with van der Waals surface area (Å²) >= 11 is 0. The Labute approximate surface area is 114 Å². The summed E-state index contributed by atoms with van der Waals surface area (Å²) in [5.74, 6) is 0.503. The van der Waals surface area contributed by atoms with Gasteiger partial charge in [0.05, 0.1) is 25.9 Å². The molecule has 1 atom stereocenters. The minimum absolute atomic E-state index is 0.0253. The van der Waals surface area contributed by atoms with Gasteiger partial charge < -0.3 is 15.2 Å². The molecule has 0 aliphatic carbocycles. The zero-order chi connectivity index (χ0) is 14.4. The van der Waals surface area contributed by atoms with Crippen molar-refractivity contribution in [2.45, 2.75) is 19.9 Å². The van der Waals surface area contributed by atoms with Crippen LogP contribution in [0.5, 0.6) is 5.75 Å². The normalized spacial score (nSPS) is 12.3. The van der Waals surface area contributed by atoms with Crippen molar-refractivity contribution in [2.24, 2.45) is 0 Å². The molecule has 0 heterocycles. The van der Waals surface area contributed by atoms with Crippen molar-refractivity contribution in [3.8, 4) is 5.75 Å². The molecule has 2 N–H and O–H groups in total. The molecule has 1 rings (SSSR count). The van der Waals surface area contributed by atoms with Crippen molar-refractivity contribution < 1.29 is 14.6 Å². The Kier molecular flexibility index (Phi) is 5.79. The number of rotatable bonds is 6. The largest absolute Gasteiger partial charge is 0.495 e. The summed E-state index contributed by atoms with van der Waals surface area (Å²) < 4.78 is 5.21. The summed E-state index contributed by atoms with van der Waals surface area (Å²) in [6.45, 7) is 4.06. The van der Waals surface area contributed by atoms with Crippen LogP contribution in [0.2, 0.25) is 0 Å². The topological polar surface area (TPSA) is 61.8 Å². The maximum atomic E-state index is 11.9. The van der Waals surface area contributed by atoms with Crippen LogP contribution in [0.15, 0.2) is 18.2 Å². The van der Waals surface area contributed by atoms with Gasteiger partial charge in [-0.25, -0.2) is 0 Å². The van der Waals surface area contributed by atoms with E-state index in [1.807, 2.05) is 32.0 Å². The highest BCUT2D eigenvalue weighted by atomic mass is 16.5. The quantitative estimate of drug-likeness (QED) is 0.813. The van der Waals surface area contributed by atoms with Crippen molar-refractivity contribution in [1.82, 2.24) is 4.90 Å². The molecule has 1 aromatic rings. The van der Waals surface area contributed by atoms with E-state index >= 15 is 0 Å². The lowest BCUT2D eigenvalue weighted by Gasteiger charge is -2.22. The average Bonchev–Trinajstić information content (AvgIpc) is 2.37. The minimum atomic E-state index is -0.133. The van der Waals surface area contributed by atoms with Crippen molar-refractivity contribution in [3.63, 3.8) is 0 Å². The highest BCUT2D eigenvalue weighted by Crippen LogP contribution is 2.25. The molecule has 0 saturated heterocycles. The minimum Gasteiger partial charge on any atom is -0.495 e. The Morgan fingerprint density at radius 3 is 2.79 bits per heavy atom. The van der Waals surface area contributed by atoms with Crippen molar-refractivity contribution in [1.29, 1.82) is 0 Å². The standard InChI is InChI=1S/C14H22N2O3/c1-10-5-6-13(19-4)12(7-10)15-14(18)8-16(3)11(2)9-17/h5-7,11,17H,8-9H2,1-4H3,(H,15,18). The number of aliphatic hydroxyl groups is 1. The van der Waals surface area contributed by atoms with Gasteiger partial charge in [-0.05, 0) is 38.6 Å². The van der Waals surface area contributed by atoms with Crippen LogP contribution < -0.4 is 10.1 Å². The number of nitrogens with one attached hydrogen (secondary N) is 1. The Hall–Kier alpha value is -1.59. The van der Waals surface area contributed by atoms with Gasteiger partial charge in [-0.15, -0.1) is 0 Å². The number of nitrogens with zero attached hydrogens (tertiary/aromatic N) is 1. The number of anilines is 1. The summed E-state index contributed by atoms with van der Waals surface area (Å²) in [5, 5.41) is 11.9. The van der Waals surface area contributed by atoms with Gasteiger partial charge in [-0.3, -0.25) is 9.69 Å². The number of methoxy groups -OCH3 is 1. The molecule has 1 unspecified atom stereocenters. The van der Waals surface area contributed by atoms with Gasteiger partial charge in [-0.2, -0.15) is 0 Å². The lowest BCUT2D eigenvalue weighted by molar-refractivity contribution is -0.117. The van der Waals surface area contributed by atoms with Crippen LogP contribution in [0, 0.1) is 6.92 Å². The van der Waals surface area contributed by atoms with E-state index in [1.165, 1.54) is 0 Å². The Morgan fingerprint density at radius 1 is 1.53 bits per heavy atom. The number of benzene rings is 1. The molecule has 0 radical (unpaired) electrons. The van der Waals surface area contributed by atoms with E-state index in [-0.39, 0.29) is 25.1 Å². The van der Waals surface area contributed by atoms with Gasteiger partial charge in [0.15, 0.2) is 0 Å². The van der Waals surface area contributed by atoms with Crippen molar-refractivity contribution >= 4 is 11.6 Å². The predicted octanol–water partition coefficient (Wildman–Crippen LogP) is 1.25. The third-order valence-corrected chi connectivity index (χ3v) is 3.04. The van der Waals surface area contributed by atoms with E-state index in [0.29, 0.717) is 11.4 Å². The zero-order valence-electron chi connectivity index (χ0n) is 11.9. The van der Waals surface area contributed by atoms with Crippen LogP contribution in [0.1, 0.15) is 12.5 Å². The summed E-state index contributed by atoms with van der Waals surface area (Å²) in [6.07, 6.45) is 0. The fraction of sp³-hybridized carbons (Fsp3) is 0.500. The zero-order valence-corrected chi connectivity index (χ0v) is 11.9. The molecule has 0 spiro atoms. The predicted molar refractivity (Wildman–Crippen MR) is 75.5 cm³/mol. The molecular weight excluding hydrogens is 244 g/mol. The van der Waals surface area contributed by atoms with Crippen molar-refractivity contribution in [3.05, 3.63) is 23.8 Å². The first-order valence-electron chi connectivity index (χ1n) is 6.23. The number of aliphatic hydroxyl groups excluding tert-OH is 1. The number of ether oxygens (including phenoxy) is 1. The van der Waals surface area contributed by atoms with Crippen molar-refractivity contribution in [2.75, 3.05) is 32.6 Å². The second-order valence-electron chi connectivity index (χ2n) is 4.70. The van der Waals surface area contributed by atoms with Gasteiger partial charge in [-0.1, -0.05) is 6.07 Å². The summed E-state index contributed by atoms with van der Waals surface area (Å²) in [7, 11) is 3.37. The number of likely N-dealkylation sites (N-methyl/N-ethyl adjacent to an activating group) is 1. The first-order valence-corrected chi connectivity index (χ1v) is 6.23. The van der Waals surface area contributed by atoms with Crippen LogP contribution in [-0.2, 0) is 4.79 Å². The van der Waals surface area contributed by atoms with Crippen LogP contribution in [0.25, 0.3) is 0 Å². The SMILES string of the molecule is COc1ccc(C)cc1NC(=O)CN(C)C(C)CO. The number of hydrogen-bond donors (Lipinski definition) is 2. The molecule has 5 nitrogen and oxygen atoms in total. The molecule has 0 bridgehead atoms. The average molecular weight is 266 g/mol. The molecule has 0 saturated carbocycles. The smallest absolute Gasteiger partial charge is 0.238 e. The van der Waals surface area contributed by atoms with Gasteiger partial charge in [0.2, 0.25) is 5.91 Å². The first kappa shape index (κ1) is 15.5. The van der Waals surface area contributed by atoms with Gasteiger partial charge in [0.25, 0.3) is 0 Å². The lowest BCUT2D eigenvalue weighted by Crippen LogP contribution is -2.38. The third-order valence-electron chi connectivity index (χ3n) is 3.04. The number of amides is 1. The van der Waals surface area contributed by atoms with Gasteiger partial charge in [0.1, 0.15) is 5.75 Å². The Morgan fingerprint density at radius 2 is 2.21 bits per heavy atom. The van der Waals surface area contributed by atoms with E-state index < -0.39 is 0 Å². The first-order chi connectivity index (χ1) is 8.97. The second-order valence-corrected chi connectivity index (χ2v) is 4.70. The molecule has 19 heavy (non-hydrogen) atoms. The van der Waals surface area contributed by atoms with Crippen LogP contribution in [0.4, 0.5) is 5.69 Å². The fourth-order valence-corrected chi connectivity index (χ4v) is 1.63. The van der Waals surface area contributed by atoms with E-state index in [2.05, 4.69) is 5.32 Å². The van der Waals surface area contributed by atoms with Gasteiger partial charge in [0, 0.05) is 6.04 Å². The molecule has 1 aromatic carbocycles. The van der Waals surface area contributed by atoms with Gasteiger partial charge >= 0.3 is 0 Å². The maximum absolute atomic E-state index is 11.9. The lowest BCUT2D eigenvalue weighted by atomic mass is 10.2. The number of aryl methyl sites for hydroxylation is 1. The molecule has 1 amide bonds. The number of carbonyl (C=O) groups excluding carboxylic acids is 1. The Balaban J connectivity index is 2.69.